The van der Waals surface area contributed by atoms with Gasteiger partial charge in [0.1, 0.15) is 23.9 Å². The molecule has 0 aliphatic carbocycles. The van der Waals surface area contributed by atoms with Gasteiger partial charge in [0, 0.05) is 18.7 Å². The lowest BCUT2D eigenvalue weighted by Gasteiger charge is -2.26. The molecule has 36 heavy (non-hydrogen) atoms. The molecular formula is C29H29FN2O4. The Labute approximate surface area is 210 Å². The second kappa shape index (κ2) is 10.7. The van der Waals surface area contributed by atoms with Crippen LogP contribution in [0.4, 0.5) is 4.39 Å². The number of halogens is 1. The van der Waals surface area contributed by atoms with Crippen LogP contribution in [-0.2, 0) is 16.2 Å². The number of benzene rings is 3. The molecule has 1 amide bonds. The van der Waals surface area contributed by atoms with Gasteiger partial charge in [-0.25, -0.2) is 4.39 Å². The molecular weight excluding hydrogens is 459 g/mol. The number of likely N-dealkylation sites (tertiary alicyclic amines) is 1. The molecule has 1 N–H and O–H groups in total. The van der Waals surface area contributed by atoms with Crippen LogP contribution in [0, 0.1) is 12.7 Å². The van der Waals surface area contributed by atoms with Gasteiger partial charge >= 0.3 is 0 Å². The molecule has 1 aliphatic heterocycles. The third-order valence-electron chi connectivity index (χ3n) is 6.20. The molecule has 3 aromatic rings. The van der Waals surface area contributed by atoms with Crippen molar-refractivity contribution < 1.29 is 23.8 Å². The Balaban J connectivity index is 1.69. The summed E-state index contributed by atoms with van der Waals surface area (Å²) >= 11 is 0. The van der Waals surface area contributed by atoms with Gasteiger partial charge in [-0.3, -0.25) is 9.59 Å². The topological polar surface area (TPSA) is 70.1 Å². The Morgan fingerprint density at radius 2 is 1.72 bits per heavy atom. The van der Waals surface area contributed by atoms with Crippen molar-refractivity contribution in [3.63, 3.8) is 0 Å². The van der Waals surface area contributed by atoms with Crippen LogP contribution in [0.2, 0.25) is 0 Å². The molecule has 0 bridgehead atoms. The maximum absolute atomic E-state index is 13.8. The van der Waals surface area contributed by atoms with Gasteiger partial charge in [0.15, 0.2) is 0 Å². The van der Waals surface area contributed by atoms with E-state index in [0.29, 0.717) is 36.6 Å². The van der Waals surface area contributed by atoms with E-state index in [0.717, 1.165) is 5.56 Å². The normalized spacial score (nSPS) is 17.1. The lowest BCUT2D eigenvalue weighted by Crippen LogP contribution is -2.35. The molecule has 0 aromatic heterocycles. The first-order chi connectivity index (χ1) is 17.3. The Hall–Kier alpha value is -3.97. The number of aryl methyl sites for hydroxylation is 1. The SMILES string of the molecule is Cc1cc(/C(O)=C2/C(=O)C(=O)N(CCN(C)C)C2c2ccc(OCc3ccccc3)cc2)ccc1F. The van der Waals surface area contributed by atoms with Crippen molar-refractivity contribution in [2.75, 3.05) is 27.2 Å². The summed E-state index contributed by atoms with van der Waals surface area (Å²) in [4.78, 5) is 29.5. The molecule has 3 aromatic carbocycles. The molecule has 4 rings (SSSR count). The number of carbonyl (C=O) groups excluding carboxylic acids is 2. The van der Waals surface area contributed by atoms with Crippen molar-refractivity contribution in [2.24, 2.45) is 0 Å². The number of hydrogen-bond acceptors (Lipinski definition) is 5. The van der Waals surface area contributed by atoms with Crippen molar-refractivity contribution in [3.05, 3.63) is 106 Å². The highest BCUT2D eigenvalue weighted by atomic mass is 19.1. The lowest BCUT2D eigenvalue weighted by molar-refractivity contribution is -0.140. The number of ether oxygens (including phenoxy) is 1. The van der Waals surface area contributed by atoms with Gasteiger partial charge in [-0.15, -0.1) is 0 Å². The zero-order valence-corrected chi connectivity index (χ0v) is 20.6. The summed E-state index contributed by atoms with van der Waals surface area (Å²) in [6, 6.07) is 20.3. The third-order valence-corrected chi connectivity index (χ3v) is 6.20. The molecule has 1 aliphatic rings. The van der Waals surface area contributed by atoms with E-state index in [1.54, 1.807) is 31.2 Å². The van der Waals surface area contributed by atoms with E-state index in [-0.39, 0.29) is 16.9 Å². The zero-order chi connectivity index (χ0) is 25.8. The van der Waals surface area contributed by atoms with Gasteiger partial charge < -0.3 is 19.6 Å². The van der Waals surface area contributed by atoms with E-state index in [1.807, 2.05) is 49.3 Å². The average Bonchev–Trinajstić information content (AvgIpc) is 3.13. The fourth-order valence-electron chi connectivity index (χ4n) is 4.20. The largest absolute Gasteiger partial charge is 0.507 e. The van der Waals surface area contributed by atoms with E-state index in [1.165, 1.54) is 23.1 Å². The Bertz CT molecular complexity index is 1290. The van der Waals surface area contributed by atoms with Gasteiger partial charge in [0.05, 0.1) is 11.6 Å². The summed E-state index contributed by atoms with van der Waals surface area (Å²) < 4.78 is 19.7. The summed E-state index contributed by atoms with van der Waals surface area (Å²) in [6.45, 7) is 2.82. The monoisotopic (exact) mass is 488 g/mol. The molecule has 6 nitrogen and oxygen atoms in total. The number of nitrogens with zero attached hydrogens (tertiary/aromatic N) is 2. The van der Waals surface area contributed by atoms with Gasteiger partial charge in [-0.1, -0.05) is 42.5 Å². The number of hydrogen-bond donors (Lipinski definition) is 1. The molecule has 186 valence electrons. The average molecular weight is 489 g/mol. The number of Topliss-reactive ketones (excluding diaryl/α,β-unsaturated/α-hetero) is 1. The first-order valence-corrected chi connectivity index (χ1v) is 11.7. The molecule has 1 saturated heterocycles. The molecule has 0 radical (unpaired) electrons. The Morgan fingerprint density at radius 1 is 1.03 bits per heavy atom. The zero-order valence-electron chi connectivity index (χ0n) is 20.6. The predicted octanol–water partition coefficient (Wildman–Crippen LogP) is 4.70. The number of likely N-dealkylation sites (N-methyl/N-ethyl adjacent to an activating group) is 1. The van der Waals surface area contributed by atoms with Gasteiger partial charge in [0.2, 0.25) is 0 Å². The standard InChI is InChI=1S/C29H29FN2O4/c1-19-17-22(11-14-24(19)30)27(33)25-26(32(16-15-31(2)3)29(35)28(25)34)21-9-12-23(13-10-21)36-18-20-7-5-4-6-8-20/h4-14,17,26,33H,15-16,18H2,1-3H3/b27-25-. The van der Waals surface area contributed by atoms with Crippen molar-refractivity contribution in [2.45, 2.75) is 19.6 Å². The van der Waals surface area contributed by atoms with Crippen LogP contribution >= 0.6 is 0 Å². The van der Waals surface area contributed by atoms with Gasteiger partial charge in [0.25, 0.3) is 11.7 Å². The first-order valence-electron chi connectivity index (χ1n) is 11.7. The number of rotatable bonds is 8. The highest BCUT2D eigenvalue weighted by Gasteiger charge is 2.45. The van der Waals surface area contributed by atoms with Crippen LogP contribution < -0.4 is 4.74 Å². The number of amides is 1. The van der Waals surface area contributed by atoms with Crippen LogP contribution in [0.5, 0.6) is 5.75 Å². The first kappa shape index (κ1) is 25.1. The second-order valence-electron chi connectivity index (χ2n) is 9.10. The van der Waals surface area contributed by atoms with E-state index in [9.17, 15) is 19.1 Å². The van der Waals surface area contributed by atoms with Gasteiger partial charge in [-0.2, -0.15) is 0 Å². The number of ketones is 1. The maximum atomic E-state index is 13.8. The van der Waals surface area contributed by atoms with E-state index >= 15 is 0 Å². The van der Waals surface area contributed by atoms with Crippen molar-refractivity contribution >= 4 is 17.4 Å². The third kappa shape index (κ3) is 5.31. The van der Waals surface area contributed by atoms with Crippen LogP contribution in [0.1, 0.15) is 28.3 Å². The smallest absolute Gasteiger partial charge is 0.295 e. The minimum atomic E-state index is -0.779. The molecule has 1 heterocycles. The lowest BCUT2D eigenvalue weighted by atomic mass is 9.94. The molecule has 7 heteroatoms. The van der Waals surface area contributed by atoms with Crippen LogP contribution in [0.25, 0.3) is 5.76 Å². The second-order valence-corrected chi connectivity index (χ2v) is 9.10. The van der Waals surface area contributed by atoms with E-state index < -0.39 is 23.5 Å². The van der Waals surface area contributed by atoms with Crippen molar-refractivity contribution in [3.8, 4) is 5.75 Å². The van der Waals surface area contributed by atoms with Crippen LogP contribution in [-0.4, -0.2) is 53.8 Å². The van der Waals surface area contributed by atoms with Crippen LogP contribution in [0.3, 0.4) is 0 Å². The molecule has 0 spiro atoms. The summed E-state index contributed by atoms with van der Waals surface area (Å²) in [7, 11) is 3.76. The van der Waals surface area contributed by atoms with E-state index in [2.05, 4.69) is 0 Å². The maximum Gasteiger partial charge on any atom is 0.295 e. The molecule has 1 unspecified atom stereocenters. The van der Waals surface area contributed by atoms with E-state index in [4.69, 9.17) is 4.74 Å². The minimum absolute atomic E-state index is 0.0114. The quantitative estimate of drug-likeness (QED) is 0.283. The number of carbonyl (C=O) groups is 2. The minimum Gasteiger partial charge on any atom is -0.507 e. The van der Waals surface area contributed by atoms with Crippen molar-refractivity contribution in [1.29, 1.82) is 0 Å². The highest BCUT2D eigenvalue weighted by Crippen LogP contribution is 2.39. The Kier molecular flexibility index (Phi) is 7.50. The number of aliphatic hydroxyl groups excluding tert-OH is 1. The summed E-state index contributed by atoms with van der Waals surface area (Å²) in [5.41, 5.74) is 2.31. The molecule has 0 saturated carbocycles. The van der Waals surface area contributed by atoms with Gasteiger partial charge in [-0.05, 0) is 68.0 Å². The Morgan fingerprint density at radius 3 is 2.36 bits per heavy atom. The summed E-state index contributed by atoms with van der Waals surface area (Å²) in [6.07, 6.45) is 0. The fraction of sp³-hybridized carbons (Fsp3) is 0.241. The summed E-state index contributed by atoms with van der Waals surface area (Å²) in [5, 5.41) is 11.1. The predicted molar refractivity (Wildman–Crippen MR) is 136 cm³/mol. The molecule has 1 fully saturated rings. The van der Waals surface area contributed by atoms with Crippen molar-refractivity contribution in [1.82, 2.24) is 9.80 Å². The summed E-state index contributed by atoms with van der Waals surface area (Å²) in [5.74, 6) is -1.53. The number of aliphatic hydroxyl groups is 1. The molecule has 1 atom stereocenters. The van der Waals surface area contributed by atoms with Crippen LogP contribution in [0.15, 0.2) is 78.4 Å². The fourth-order valence-corrected chi connectivity index (χ4v) is 4.20. The highest BCUT2D eigenvalue weighted by molar-refractivity contribution is 6.46.